The molecule has 1 amide bonds. The van der Waals surface area contributed by atoms with Gasteiger partial charge < -0.3 is 4.90 Å². The van der Waals surface area contributed by atoms with Gasteiger partial charge in [0.25, 0.3) is 0 Å². The number of carbonyl (C=O) groups excluding carboxylic acids is 1. The molecule has 102 valence electrons. The molecule has 0 atom stereocenters. The van der Waals surface area contributed by atoms with Gasteiger partial charge in [-0.2, -0.15) is 0 Å². The van der Waals surface area contributed by atoms with E-state index in [4.69, 9.17) is 11.6 Å². The summed E-state index contributed by atoms with van der Waals surface area (Å²) in [6, 6.07) is 0. The predicted molar refractivity (Wildman–Crippen MR) is 75.6 cm³/mol. The fourth-order valence-corrected chi connectivity index (χ4v) is 1.83. The highest BCUT2D eigenvalue weighted by molar-refractivity contribution is 6.18. The Labute approximate surface area is 112 Å². The molecule has 3 heteroatoms. The Balaban J connectivity index is 3.72. The van der Waals surface area contributed by atoms with Crippen LogP contribution in [0.25, 0.3) is 0 Å². The van der Waals surface area contributed by atoms with Gasteiger partial charge in [0.15, 0.2) is 0 Å². The highest BCUT2D eigenvalue weighted by Crippen LogP contribution is 2.16. The first-order chi connectivity index (χ1) is 7.95. The van der Waals surface area contributed by atoms with Crippen molar-refractivity contribution < 1.29 is 4.79 Å². The summed E-state index contributed by atoms with van der Waals surface area (Å²) in [6.07, 6.45) is 7.96. The summed E-state index contributed by atoms with van der Waals surface area (Å²) < 4.78 is 0. The smallest absolute Gasteiger partial charge is 0.222 e. The summed E-state index contributed by atoms with van der Waals surface area (Å²) in [5.41, 5.74) is -0.235. The zero-order chi connectivity index (χ0) is 13.3. The molecular formula is C14H28ClNO. The molecule has 0 saturated heterocycles. The van der Waals surface area contributed by atoms with Crippen LogP contribution in [0.15, 0.2) is 0 Å². The number of hydrogen-bond donors (Lipinski definition) is 0. The maximum Gasteiger partial charge on any atom is 0.222 e. The Morgan fingerprint density at radius 2 is 1.65 bits per heavy atom. The third-order valence-corrected chi connectivity index (χ3v) is 4.01. The van der Waals surface area contributed by atoms with Crippen molar-refractivity contribution in [3.05, 3.63) is 0 Å². The summed E-state index contributed by atoms with van der Waals surface area (Å²) in [6.45, 7) is 6.21. The third-order valence-electron chi connectivity index (χ3n) is 3.35. The van der Waals surface area contributed by atoms with Gasteiger partial charge in [0.1, 0.15) is 0 Å². The van der Waals surface area contributed by atoms with Crippen LogP contribution in [0, 0.1) is 0 Å². The summed E-state index contributed by atoms with van der Waals surface area (Å²) >= 11 is 5.86. The van der Waals surface area contributed by atoms with Crippen LogP contribution in [0.5, 0.6) is 0 Å². The molecule has 0 aromatic rings. The Hall–Kier alpha value is -0.240. The lowest BCUT2D eigenvalue weighted by Gasteiger charge is -2.34. The van der Waals surface area contributed by atoms with E-state index in [1.807, 2.05) is 20.9 Å². The van der Waals surface area contributed by atoms with Gasteiger partial charge in [-0.25, -0.2) is 0 Å². The maximum atomic E-state index is 11.9. The van der Waals surface area contributed by atoms with E-state index in [1.54, 1.807) is 4.90 Å². The van der Waals surface area contributed by atoms with E-state index >= 15 is 0 Å². The van der Waals surface area contributed by atoms with Crippen LogP contribution in [0.3, 0.4) is 0 Å². The molecule has 0 bridgehead atoms. The van der Waals surface area contributed by atoms with E-state index in [0.717, 1.165) is 6.42 Å². The number of hydrogen-bond acceptors (Lipinski definition) is 1. The summed E-state index contributed by atoms with van der Waals surface area (Å²) in [5, 5.41) is 0. The highest BCUT2D eigenvalue weighted by atomic mass is 35.5. The number of unbranched alkanes of at least 4 members (excludes halogenated alkanes) is 5. The summed E-state index contributed by atoms with van der Waals surface area (Å²) in [7, 11) is 1.85. The second-order valence-electron chi connectivity index (χ2n) is 5.42. The van der Waals surface area contributed by atoms with Crippen molar-refractivity contribution in [3.63, 3.8) is 0 Å². The number of amides is 1. The van der Waals surface area contributed by atoms with Crippen molar-refractivity contribution in [2.45, 2.75) is 71.3 Å². The topological polar surface area (TPSA) is 20.3 Å². The molecule has 0 aliphatic heterocycles. The van der Waals surface area contributed by atoms with Gasteiger partial charge in [-0.1, -0.05) is 39.0 Å². The van der Waals surface area contributed by atoms with E-state index in [0.29, 0.717) is 12.3 Å². The minimum absolute atomic E-state index is 0.214. The fraction of sp³-hybridized carbons (Fsp3) is 0.929. The largest absolute Gasteiger partial charge is 0.339 e. The van der Waals surface area contributed by atoms with Crippen LogP contribution in [0.1, 0.15) is 65.7 Å². The monoisotopic (exact) mass is 261 g/mol. The van der Waals surface area contributed by atoms with Crippen LogP contribution >= 0.6 is 11.6 Å². The third kappa shape index (κ3) is 6.92. The Bertz CT molecular complexity index is 216. The van der Waals surface area contributed by atoms with Gasteiger partial charge in [-0.05, 0) is 20.3 Å². The molecule has 0 spiro atoms. The normalized spacial score (nSPS) is 11.6. The second kappa shape index (κ2) is 8.79. The number of nitrogens with zero attached hydrogens (tertiary/aromatic N) is 1. The summed E-state index contributed by atoms with van der Waals surface area (Å²) in [4.78, 5) is 13.7. The van der Waals surface area contributed by atoms with Crippen LogP contribution in [-0.4, -0.2) is 29.3 Å². The SMILES string of the molecule is CCCCCCCCC(=O)N(C)C(C)(C)CCl. The van der Waals surface area contributed by atoms with Crippen molar-refractivity contribution in [1.29, 1.82) is 0 Å². The maximum absolute atomic E-state index is 11.9. The summed E-state index contributed by atoms with van der Waals surface area (Å²) in [5.74, 6) is 0.692. The molecule has 0 saturated carbocycles. The second-order valence-corrected chi connectivity index (χ2v) is 5.68. The minimum Gasteiger partial charge on any atom is -0.339 e. The standard InChI is InChI=1S/C14H28ClNO/c1-5-6-7-8-9-10-11-13(17)16(4)14(2,3)12-15/h5-12H2,1-4H3. The highest BCUT2D eigenvalue weighted by Gasteiger charge is 2.25. The van der Waals surface area contributed by atoms with Gasteiger partial charge in [0.2, 0.25) is 5.91 Å². The Morgan fingerprint density at radius 3 is 2.18 bits per heavy atom. The van der Waals surface area contributed by atoms with E-state index in [-0.39, 0.29) is 11.4 Å². The predicted octanol–water partition coefficient (Wildman–Crippen LogP) is 4.21. The van der Waals surface area contributed by atoms with Gasteiger partial charge in [0, 0.05) is 19.3 Å². The first-order valence-corrected chi connectivity index (χ1v) is 7.31. The lowest BCUT2D eigenvalue weighted by atomic mass is 10.0. The average Bonchev–Trinajstić information content (AvgIpc) is 2.32. The van der Waals surface area contributed by atoms with Gasteiger partial charge >= 0.3 is 0 Å². The first-order valence-electron chi connectivity index (χ1n) is 6.78. The lowest BCUT2D eigenvalue weighted by Crippen LogP contribution is -2.46. The Morgan fingerprint density at radius 1 is 1.12 bits per heavy atom. The molecule has 0 aliphatic rings. The number of alkyl halides is 1. The number of carbonyl (C=O) groups is 1. The minimum atomic E-state index is -0.235. The molecule has 0 rings (SSSR count). The van der Waals surface area contributed by atoms with E-state index in [9.17, 15) is 4.79 Å². The van der Waals surface area contributed by atoms with Crippen molar-refractivity contribution in [1.82, 2.24) is 4.90 Å². The zero-order valence-corrected chi connectivity index (χ0v) is 12.6. The fourth-order valence-electron chi connectivity index (χ4n) is 1.65. The van der Waals surface area contributed by atoms with Crippen molar-refractivity contribution in [2.75, 3.05) is 12.9 Å². The Kier molecular flexibility index (Phi) is 8.67. The number of halogens is 1. The molecule has 0 radical (unpaired) electrons. The molecule has 0 aromatic carbocycles. The van der Waals surface area contributed by atoms with E-state index in [2.05, 4.69) is 6.92 Å². The van der Waals surface area contributed by atoms with Crippen LogP contribution < -0.4 is 0 Å². The average molecular weight is 262 g/mol. The van der Waals surface area contributed by atoms with Gasteiger partial charge in [0.05, 0.1) is 5.54 Å². The molecule has 0 fully saturated rings. The van der Waals surface area contributed by atoms with Crippen LogP contribution in [0.4, 0.5) is 0 Å². The molecular weight excluding hydrogens is 234 g/mol. The molecule has 0 N–H and O–H groups in total. The van der Waals surface area contributed by atoms with E-state index < -0.39 is 0 Å². The molecule has 0 unspecified atom stereocenters. The van der Waals surface area contributed by atoms with Crippen molar-refractivity contribution in [2.24, 2.45) is 0 Å². The van der Waals surface area contributed by atoms with Gasteiger partial charge in [-0.15, -0.1) is 11.6 Å². The lowest BCUT2D eigenvalue weighted by molar-refractivity contribution is -0.134. The number of rotatable bonds is 9. The molecule has 0 heterocycles. The molecule has 17 heavy (non-hydrogen) atoms. The quantitative estimate of drug-likeness (QED) is 0.450. The van der Waals surface area contributed by atoms with Crippen LogP contribution in [-0.2, 0) is 4.79 Å². The van der Waals surface area contributed by atoms with Crippen LogP contribution in [0.2, 0.25) is 0 Å². The first kappa shape index (κ1) is 16.8. The molecule has 0 aromatic heterocycles. The molecule has 0 aliphatic carbocycles. The van der Waals surface area contributed by atoms with E-state index in [1.165, 1.54) is 32.1 Å². The van der Waals surface area contributed by atoms with Crippen molar-refractivity contribution in [3.8, 4) is 0 Å². The van der Waals surface area contributed by atoms with Gasteiger partial charge in [-0.3, -0.25) is 4.79 Å². The molecule has 2 nitrogen and oxygen atoms in total. The van der Waals surface area contributed by atoms with Crippen molar-refractivity contribution >= 4 is 17.5 Å². The zero-order valence-electron chi connectivity index (χ0n) is 11.9.